The van der Waals surface area contributed by atoms with E-state index in [1.54, 1.807) is 6.20 Å². The standard InChI is InChI=1S/C22H26ClN5O/c1-3-17-19(23)25-20(15-8-5-4-6-9-15)26-21(17)28-12-7-10-16(14-28)18(29)22-24-11-13-27(22)2/h4-6,8-9,11,13,16,18,29H,3,7,10,12,14H2,1-2H3. The second kappa shape index (κ2) is 8.51. The summed E-state index contributed by atoms with van der Waals surface area (Å²) in [4.78, 5) is 16.0. The van der Waals surface area contributed by atoms with Crippen LogP contribution in [0, 0.1) is 5.92 Å². The van der Waals surface area contributed by atoms with Crippen molar-refractivity contribution in [2.45, 2.75) is 32.3 Å². The van der Waals surface area contributed by atoms with Gasteiger partial charge in [0.05, 0.1) is 0 Å². The predicted molar refractivity (Wildman–Crippen MR) is 115 cm³/mol. The van der Waals surface area contributed by atoms with Crippen LogP contribution in [0.3, 0.4) is 0 Å². The Balaban J connectivity index is 1.66. The van der Waals surface area contributed by atoms with Gasteiger partial charge in [-0.25, -0.2) is 15.0 Å². The molecule has 29 heavy (non-hydrogen) atoms. The van der Waals surface area contributed by atoms with Crippen LogP contribution in [0.15, 0.2) is 42.7 Å². The van der Waals surface area contributed by atoms with Crippen LogP contribution in [-0.4, -0.2) is 37.7 Å². The summed E-state index contributed by atoms with van der Waals surface area (Å²) < 4.78 is 1.89. The highest BCUT2D eigenvalue weighted by Crippen LogP contribution is 2.34. The Bertz CT molecular complexity index is 975. The van der Waals surface area contributed by atoms with Crippen LogP contribution in [0.5, 0.6) is 0 Å². The molecule has 1 aliphatic heterocycles. The molecule has 2 aromatic heterocycles. The highest BCUT2D eigenvalue weighted by molar-refractivity contribution is 6.30. The lowest BCUT2D eigenvalue weighted by molar-refractivity contribution is 0.0873. The van der Waals surface area contributed by atoms with Gasteiger partial charge in [-0.2, -0.15) is 0 Å². The molecule has 1 aliphatic rings. The Morgan fingerprint density at radius 3 is 2.72 bits per heavy atom. The van der Waals surface area contributed by atoms with E-state index in [0.29, 0.717) is 23.3 Å². The van der Waals surface area contributed by atoms with E-state index in [-0.39, 0.29) is 5.92 Å². The second-order valence-electron chi connectivity index (χ2n) is 7.55. The molecule has 0 saturated carbocycles. The lowest BCUT2D eigenvalue weighted by Crippen LogP contribution is -2.39. The lowest BCUT2D eigenvalue weighted by atomic mass is 9.91. The Morgan fingerprint density at radius 2 is 2.03 bits per heavy atom. The molecule has 2 unspecified atom stereocenters. The van der Waals surface area contributed by atoms with Gasteiger partial charge in [0, 0.05) is 49.6 Å². The molecule has 3 heterocycles. The fourth-order valence-electron chi connectivity index (χ4n) is 4.06. The van der Waals surface area contributed by atoms with Crippen molar-refractivity contribution in [1.82, 2.24) is 19.5 Å². The highest BCUT2D eigenvalue weighted by atomic mass is 35.5. The van der Waals surface area contributed by atoms with Gasteiger partial charge in [-0.3, -0.25) is 0 Å². The molecular weight excluding hydrogens is 386 g/mol. The zero-order chi connectivity index (χ0) is 20.4. The molecule has 7 heteroatoms. The fourth-order valence-corrected chi connectivity index (χ4v) is 4.36. The summed E-state index contributed by atoms with van der Waals surface area (Å²) in [6.07, 6.45) is 5.68. The minimum absolute atomic E-state index is 0.0865. The van der Waals surface area contributed by atoms with Crippen molar-refractivity contribution in [2.75, 3.05) is 18.0 Å². The van der Waals surface area contributed by atoms with Crippen LogP contribution in [0.25, 0.3) is 11.4 Å². The molecular formula is C22H26ClN5O. The topological polar surface area (TPSA) is 67.1 Å². The Morgan fingerprint density at radius 1 is 1.24 bits per heavy atom. The van der Waals surface area contributed by atoms with Gasteiger partial charge in [0.25, 0.3) is 0 Å². The number of benzene rings is 1. The summed E-state index contributed by atoms with van der Waals surface area (Å²) in [6.45, 7) is 3.67. The molecule has 0 bridgehead atoms. The van der Waals surface area contributed by atoms with Crippen molar-refractivity contribution >= 4 is 17.4 Å². The molecule has 0 spiro atoms. The number of halogens is 1. The molecule has 0 radical (unpaired) electrons. The summed E-state index contributed by atoms with van der Waals surface area (Å²) in [6, 6.07) is 9.90. The molecule has 2 atom stereocenters. The number of aryl methyl sites for hydroxylation is 1. The third kappa shape index (κ3) is 4.00. The van der Waals surface area contributed by atoms with Gasteiger partial charge in [-0.15, -0.1) is 0 Å². The average Bonchev–Trinajstić information content (AvgIpc) is 3.19. The smallest absolute Gasteiger partial charge is 0.163 e. The van der Waals surface area contributed by atoms with Crippen molar-refractivity contribution in [3.8, 4) is 11.4 Å². The predicted octanol–water partition coefficient (Wildman–Crippen LogP) is 4.04. The van der Waals surface area contributed by atoms with Crippen molar-refractivity contribution in [3.05, 3.63) is 59.3 Å². The summed E-state index contributed by atoms with van der Waals surface area (Å²) in [5.41, 5.74) is 1.90. The second-order valence-corrected chi connectivity index (χ2v) is 7.91. The van der Waals surface area contributed by atoms with Gasteiger partial charge < -0.3 is 14.6 Å². The van der Waals surface area contributed by atoms with E-state index in [4.69, 9.17) is 16.6 Å². The van der Waals surface area contributed by atoms with Gasteiger partial charge in [0.2, 0.25) is 0 Å². The minimum atomic E-state index is -0.603. The first-order valence-electron chi connectivity index (χ1n) is 10.1. The van der Waals surface area contributed by atoms with Crippen LogP contribution in [0.1, 0.15) is 37.3 Å². The Kier molecular flexibility index (Phi) is 5.83. The van der Waals surface area contributed by atoms with Gasteiger partial charge in [0.15, 0.2) is 5.82 Å². The molecule has 1 fully saturated rings. The lowest BCUT2D eigenvalue weighted by Gasteiger charge is -2.36. The van der Waals surface area contributed by atoms with E-state index in [1.807, 2.05) is 48.1 Å². The number of hydrogen-bond donors (Lipinski definition) is 1. The number of rotatable bonds is 5. The monoisotopic (exact) mass is 411 g/mol. The van der Waals surface area contributed by atoms with Crippen LogP contribution < -0.4 is 4.90 Å². The molecule has 6 nitrogen and oxygen atoms in total. The first-order chi connectivity index (χ1) is 14.1. The normalized spacial score (nSPS) is 18.1. The number of aromatic nitrogens is 4. The quantitative estimate of drug-likeness (QED) is 0.641. The van der Waals surface area contributed by atoms with Crippen molar-refractivity contribution in [3.63, 3.8) is 0 Å². The first-order valence-corrected chi connectivity index (χ1v) is 10.5. The van der Waals surface area contributed by atoms with Gasteiger partial charge in [-0.05, 0) is 19.3 Å². The maximum atomic E-state index is 10.9. The van der Waals surface area contributed by atoms with Gasteiger partial charge >= 0.3 is 0 Å². The van der Waals surface area contributed by atoms with E-state index in [0.717, 1.165) is 42.8 Å². The van der Waals surface area contributed by atoms with E-state index in [1.165, 1.54) is 0 Å². The summed E-state index contributed by atoms with van der Waals surface area (Å²) in [5.74, 6) is 2.30. The SMILES string of the molecule is CCc1c(Cl)nc(-c2ccccc2)nc1N1CCCC(C(O)c2nccn2C)C1. The third-order valence-electron chi connectivity index (χ3n) is 5.65. The van der Waals surface area contributed by atoms with Crippen molar-refractivity contribution < 1.29 is 5.11 Å². The molecule has 1 aromatic carbocycles. The fraction of sp³-hybridized carbons (Fsp3) is 0.409. The number of anilines is 1. The minimum Gasteiger partial charge on any atom is -0.385 e. The molecule has 1 N–H and O–H groups in total. The number of imidazole rings is 1. The van der Waals surface area contributed by atoms with Crippen LogP contribution in [0.2, 0.25) is 5.15 Å². The molecule has 152 valence electrons. The van der Waals surface area contributed by atoms with Gasteiger partial charge in [0.1, 0.15) is 22.9 Å². The molecule has 0 amide bonds. The largest absolute Gasteiger partial charge is 0.385 e. The number of nitrogens with zero attached hydrogens (tertiary/aromatic N) is 5. The number of hydrogen-bond acceptors (Lipinski definition) is 5. The Hall–Kier alpha value is -2.44. The van der Waals surface area contributed by atoms with E-state index < -0.39 is 6.10 Å². The van der Waals surface area contributed by atoms with Crippen molar-refractivity contribution in [1.29, 1.82) is 0 Å². The maximum Gasteiger partial charge on any atom is 0.163 e. The molecule has 1 saturated heterocycles. The Labute approximate surface area is 176 Å². The van der Waals surface area contributed by atoms with Crippen molar-refractivity contribution in [2.24, 2.45) is 13.0 Å². The van der Waals surface area contributed by atoms with E-state index in [9.17, 15) is 5.11 Å². The molecule has 4 rings (SSSR count). The number of aliphatic hydroxyl groups is 1. The zero-order valence-corrected chi connectivity index (χ0v) is 17.5. The van der Waals surface area contributed by atoms with Crippen LogP contribution >= 0.6 is 11.6 Å². The number of piperidine rings is 1. The van der Waals surface area contributed by atoms with Crippen LogP contribution in [0.4, 0.5) is 5.82 Å². The summed E-state index contributed by atoms with van der Waals surface area (Å²) in [7, 11) is 1.91. The molecule has 3 aromatic rings. The van der Waals surface area contributed by atoms with Crippen LogP contribution in [-0.2, 0) is 13.5 Å². The third-order valence-corrected chi connectivity index (χ3v) is 5.96. The molecule has 0 aliphatic carbocycles. The van der Waals surface area contributed by atoms with E-state index >= 15 is 0 Å². The average molecular weight is 412 g/mol. The summed E-state index contributed by atoms with van der Waals surface area (Å²) in [5, 5.41) is 11.4. The summed E-state index contributed by atoms with van der Waals surface area (Å²) >= 11 is 6.56. The highest BCUT2D eigenvalue weighted by Gasteiger charge is 2.31. The van der Waals surface area contributed by atoms with E-state index in [2.05, 4.69) is 21.8 Å². The zero-order valence-electron chi connectivity index (χ0n) is 16.8. The van der Waals surface area contributed by atoms with Gasteiger partial charge in [-0.1, -0.05) is 48.9 Å². The number of aliphatic hydroxyl groups excluding tert-OH is 1. The first kappa shape index (κ1) is 19.9. The maximum absolute atomic E-state index is 10.9.